The number of nitrogens with zero attached hydrogens (tertiary/aromatic N) is 4. The van der Waals surface area contributed by atoms with Crippen LogP contribution in [0.4, 0.5) is 0 Å². The van der Waals surface area contributed by atoms with Gasteiger partial charge in [-0.25, -0.2) is 0 Å². The Bertz CT molecular complexity index is 490. The van der Waals surface area contributed by atoms with Crippen LogP contribution in [0.2, 0.25) is 0 Å². The zero-order chi connectivity index (χ0) is 15.6. The molecule has 2 atom stereocenters. The maximum atomic E-state index is 6.23. The maximum absolute atomic E-state index is 6.23. The summed E-state index contributed by atoms with van der Waals surface area (Å²) in [6.45, 7) is 6.27. The lowest BCUT2D eigenvalue weighted by atomic mass is 9.94. The van der Waals surface area contributed by atoms with Gasteiger partial charge in [0.05, 0.1) is 26.0 Å². The lowest BCUT2D eigenvalue weighted by molar-refractivity contribution is -0.0563. The van der Waals surface area contributed by atoms with E-state index in [9.17, 15) is 0 Å². The average molecular weight is 308 g/mol. The van der Waals surface area contributed by atoms with Crippen molar-refractivity contribution in [3.8, 4) is 0 Å². The fourth-order valence-corrected chi connectivity index (χ4v) is 3.71. The van der Waals surface area contributed by atoms with Crippen LogP contribution in [0.5, 0.6) is 0 Å². The Morgan fingerprint density at radius 1 is 1.45 bits per heavy atom. The molecule has 0 aliphatic carbocycles. The molecule has 1 aromatic heterocycles. The summed E-state index contributed by atoms with van der Waals surface area (Å²) in [5, 5.41) is 4.26. The van der Waals surface area contributed by atoms with Crippen molar-refractivity contribution in [2.45, 2.75) is 18.6 Å². The highest BCUT2D eigenvalue weighted by atomic mass is 16.5. The van der Waals surface area contributed by atoms with E-state index in [1.807, 2.05) is 17.9 Å². The Morgan fingerprint density at radius 3 is 3.05 bits per heavy atom. The van der Waals surface area contributed by atoms with Gasteiger partial charge >= 0.3 is 0 Å². The summed E-state index contributed by atoms with van der Waals surface area (Å²) in [5.74, 6) is 0.608. The van der Waals surface area contributed by atoms with Crippen molar-refractivity contribution in [3.63, 3.8) is 0 Å². The first-order chi connectivity index (χ1) is 10.5. The second-order valence-electron chi connectivity index (χ2n) is 7.11. The first-order valence-corrected chi connectivity index (χ1v) is 8.11. The minimum atomic E-state index is -0.126. The van der Waals surface area contributed by atoms with E-state index < -0.39 is 0 Å². The van der Waals surface area contributed by atoms with Gasteiger partial charge < -0.3 is 14.4 Å². The molecule has 3 rings (SSSR count). The van der Waals surface area contributed by atoms with Gasteiger partial charge in [-0.05, 0) is 26.4 Å². The van der Waals surface area contributed by atoms with Crippen molar-refractivity contribution >= 4 is 0 Å². The average Bonchev–Trinajstić information content (AvgIpc) is 2.95. The Balaban J connectivity index is 1.62. The van der Waals surface area contributed by atoms with E-state index in [1.165, 1.54) is 5.56 Å². The van der Waals surface area contributed by atoms with E-state index in [0.29, 0.717) is 5.92 Å². The second-order valence-corrected chi connectivity index (χ2v) is 7.11. The lowest BCUT2D eigenvalue weighted by Gasteiger charge is -2.31. The molecule has 2 aliphatic heterocycles. The fourth-order valence-electron chi connectivity index (χ4n) is 3.71. The highest BCUT2D eigenvalue weighted by Gasteiger charge is 2.43. The van der Waals surface area contributed by atoms with Gasteiger partial charge in [0.25, 0.3) is 0 Å². The van der Waals surface area contributed by atoms with Crippen molar-refractivity contribution in [2.24, 2.45) is 13.0 Å². The molecule has 0 N–H and O–H groups in total. The molecular weight excluding hydrogens is 280 g/mol. The Hall–Kier alpha value is -0.950. The molecule has 22 heavy (non-hydrogen) atoms. The molecule has 124 valence electrons. The highest BCUT2D eigenvalue weighted by molar-refractivity contribution is 5.04. The van der Waals surface area contributed by atoms with Crippen LogP contribution in [-0.2, 0) is 23.1 Å². The van der Waals surface area contributed by atoms with Crippen molar-refractivity contribution in [3.05, 3.63) is 18.0 Å². The SMILES string of the molecule is CN(C)C[C@H]1CO[C@]2(COCCN(Cc3cnn(C)c3)C2)C1. The van der Waals surface area contributed by atoms with Gasteiger partial charge in [0.15, 0.2) is 0 Å². The third-order valence-electron chi connectivity index (χ3n) is 4.50. The molecule has 6 nitrogen and oxygen atoms in total. The van der Waals surface area contributed by atoms with Crippen molar-refractivity contribution < 1.29 is 9.47 Å². The summed E-state index contributed by atoms with van der Waals surface area (Å²) >= 11 is 0. The van der Waals surface area contributed by atoms with Crippen LogP contribution in [0.1, 0.15) is 12.0 Å². The predicted octanol–water partition coefficient (Wildman–Crippen LogP) is 0.589. The molecule has 0 saturated carbocycles. The summed E-state index contributed by atoms with van der Waals surface area (Å²) < 4.78 is 14.0. The van der Waals surface area contributed by atoms with Crippen LogP contribution in [0.15, 0.2) is 12.4 Å². The van der Waals surface area contributed by atoms with Crippen LogP contribution < -0.4 is 0 Å². The normalized spacial score (nSPS) is 30.3. The first kappa shape index (κ1) is 15.9. The van der Waals surface area contributed by atoms with Gasteiger partial charge in [0, 0.05) is 45.0 Å². The summed E-state index contributed by atoms with van der Waals surface area (Å²) in [6, 6.07) is 0. The molecule has 3 heterocycles. The van der Waals surface area contributed by atoms with E-state index in [2.05, 4.69) is 35.2 Å². The Labute approximate surface area is 133 Å². The molecule has 0 aromatic carbocycles. The molecule has 0 unspecified atom stereocenters. The highest BCUT2D eigenvalue weighted by Crippen LogP contribution is 2.33. The van der Waals surface area contributed by atoms with Gasteiger partial charge in [-0.1, -0.05) is 0 Å². The number of hydrogen-bond donors (Lipinski definition) is 0. The number of rotatable bonds is 4. The summed E-state index contributed by atoms with van der Waals surface area (Å²) in [4.78, 5) is 4.69. The van der Waals surface area contributed by atoms with Gasteiger partial charge in [0.2, 0.25) is 0 Å². The standard InChI is InChI=1S/C16H28N4O2/c1-18(2)8-14-6-16(22-11-14)12-20(4-5-21-13-16)10-15-7-17-19(3)9-15/h7,9,14H,4-6,8,10-13H2,1-3H3/t14-,16+/m0/s1. The summed E-state index contributed by atoms with van der Waals surface area (Å²) in [5.41, 5.74) is 1.13. The third kappa shape index (κ3) is 3.87. The molecule has 6 heteroatoms. The van der Waals surface area contributed by atoms with Gasteiger partial charge in [-0.3, -0.25) is 9.58 Å². The number of aromatic nitrogens is 2. The molecule has 1 aromatic rings. The van der Waals surface area contributed by atoms with Crippen LogP contribution in [0, 0.1) is 5.92 Å². The summed E-state index contributed by atoms with van der Waals surface area (Å²) in [7, 11) is 6.22. The smallest absolute Gasteiger partial charge is 0.104 e. The predicted molar refractivity (Wildman–Crippen MR) is 84.6 cm³/mol. The molecule has 0 bridgehead atoms. The Morgan fingerprint density at radius 2 is 2.32 bits per heavy atom. The maximum Gasteiger partial charge on any atom is 0.104 e. The van der Waals surface area contributed by atoms with E-state index in [-0.39, 0.29) is 5.60 Å². The molecule has 0 radical (unpaired) electrons. The number of hydrogen-bond acceptors (Lipinski definition) is 5. The Kier molecular flexibility index (Phi) is 4.82. The van der Waals surface area contributed by atoms with Crippen LogP contribution in [-0.4, -0.2) is 78.7 Å². The topological polar surface area (TPSA) is 42.8 Å². The minimum Gasteiger partial charge on any atom is -0.377 e. The monoisotopic (exact) mass is 308 g/mol. The molecule has 1 spiro atoms. The lowest BCUT2D eigenvalue weighted by Crippen LogP contribution is -2.44. The zero-order valence-electron chi connectivity index (χ0n) is 14.0. The van der Waals surface area contributed by atoms with Crippen LogP contribution >= 0.6 is 0 Å². The quantitative estimate of drug-likeness (QED) is 0.814. The zero-order valence-corrected chi connectivity index (χ0v) is 14.0. The van der Waals surface area contributed by atoms with E-state index >= 15 is 0 Å². The summed E-state index contributed by atoms with van der Waals surface area (Å²) in [6.07, 6.45) is 5.13. The van der Waals surface area contributed by atoms with Crippen molar-refractivity contribution in [1.29, 1.82) is 0 Å². The second kappa shape index (κ2) is 6.66. The van der Waals surface area contributed by atoms with E-state index in [0.717, 1.165) is 52.4 Å². The fraction of sp³-hybridized carbons (Fsp3) is 0.812. The van der Waals surface area contributed by atoms with Crippen molar-refractivity contribution in [2.75, 3.05) is 53.6 Å². The third-order valence-corrected chi connectivity index (χ3v) is 4.50. The molecule has 2 aliphatic rings. The molecule has 2 saturated heterocycles. The van der Waals surface area contributed by atoms with E-state index in [1.54, 1.807) is 0 Å². The van der Waals surface area contributed by atoms with Gasteiger partial charge in [0.1, 0.15) is 5.60 Å². The van der Waals surface area contributed by atoms with Crippen LogP contribution in [0.3, 0.4) is 0 Å². The first-order valence-electron chi connectivity index (χ1n) is 8.11. The minimum absolute atomic E-state index is 0.126. The number of aryl methyl sites for hydroxylation is 1. The molecular formula is C16H28N4O2. The van der Waals surface area contributed by atoms with Crippen LogP contribution in [0.25, 0.3) is 0 Å². The largest absolute Gasteiger partial charge is 0.377 e. The van der Waals surface area contributed by atoms with Gasteiger partial charge in [-0.2, -0.15) is 5.10 Å². The molecule has 0 amide bonds. The van der Waals surface area contributed by atoms with Crippen molar-refractivity contribution in [1.82, 2.24) is 19.6 Å². The molecule has 2 fully saturated rings. The number of ether oxygens (including phenoxy) is 2. The van der Waals surface area contributed by atoms with E-state index in [4.69, 9.17) is 9.47 Å². The van der Waals surface area contributed by atoms with Gasteiger partial charge in [-0.15, -0.1) is 0 Å².